The Morgan fingerprint density at radius 1 is 1.58 bits per heavy atom. The Labute approximate surface area is 112 Å². The Hall–Kier alpha value is -2.13. The molecule has 0 unspecified atom stereocenters. The zero-order valence-electron chi connectivity index (χ0n) is 10.7. The van der Waals surface area contributed by atoms with E-state index in [-0.39, 0.29) is 5.91 Å². The van der Waals surface area contributed by atoms with Gasteiger partial charge in [-0.25, -0.2) is 4.98 Å². The zero-order valence-corrected chi connectivity index (χ0v) is 10.7. The van der Waals surface area contributed by atoms with Crippen molar-refractivity contribution in [2.75, 3.05) is 25.0 Å². The van der Waals surface area contributed by atoms with Crippen LogP contribution in [-0.4, -0.2) is 41.5 Å². The molecule has 3 N–H and O–H groups in total. The first-order valence-corrected chi connectivity index (χ1v) is 6.31. The van der Waals surface area contributed by atoms with Crippen LogP contribution in [0.25, 0.3) is 0 Å². The number of nitrogens with one attached hydrogen (secondary N) is 1. The summed E-state index contributed by atoms with van der Waals surface area (Å²) >= 11 is 0. The van der Waals surface area contributed by atoms with Crippen LogP contribution >= 0.6 is 0 Å². The summed E-state index contributed by atoms with van der Waals surface area (Å²) in [7, 11) is 0. The summed E-state index contributed by atoms with van der Waals surface area (Å²) in [6.45, 7) is 1.99. The number of hydrogen-bond donors (Lipinski definition) is 2. The third-order valence-electron chi connectivity index (χ3n) is 3.24. The molecule has 0 aromatic carbocycles. The molecule has 1 aliphatic heterocycles. The van der Waals surface area contributed by atoms with Crippen molar-refractivity contribution in [3.8, 4) is 6.07 Å². The lowest BCUT2D eigenvalue weighted by Gasteiger charge is -2.32. The Balaban J connectivity index is 1.89. The number of pyridine rings is 1. The maximum atomic E-state index is 10.8. The van der Waals surface area contributed by atoms with E-state index in [1.807, 2.05) is 12.1 Å². The van der Waals surface area contributed by atoms with E-state index in [1.165, 1.54) is 0 Å². The van der Waals surface area contributed by atoms with Gasteiger partial charge in [0.2, 0.25) is 5.91 Å². The molecule has 1 aliphatic rings. The van der Waals surface area contributed by atoms with Gasteiger partial charge in [-0.05, 0) is 25.0 Å². The lowest BCUT2D eigenvalue weighted by Crippen LogP contribution is -2.43. The van der Waals surface area contributed by atoms with Crippen LogP contribution in [0.1, 0.15) is 18.5 Å². The fourth-order valence-electron chi connectivity index (χ4n) is 2.29. The van der Waals surface area contributed by atoms with Gasteiger partial charge in [-0.2, -0.15) is 5.26 Å². The summed E-state index contributed by atoms with van der Waals surface area (Å²) < 4.78 is 0. The topological polar surface area (TPSA) is 95.0 Å². The van der Waals surface area contributed by atoms with Gasteiger partial charge < -0.3 is 11.1 Å². The van der Waals surface area contributed by atoms with Crippen molar-refractivity contribution in [2.24, 2.45) is 5.73 Å². The number of rotatable bonds is 4. The Kier molecular flexibility index (Phi) is 4.31. The highest BCUT2D eigenvalue weighted by Crippen LogP contribution is 2.18. The maximum absolute atomic E-state index is 10.8. The number of likely N-dealkylation sites (tertiary alicyclic amines) is 1. The van der Waals surface area contributed by atoms with E-state index in [2.05, 4.69) is 21.3 Å². The number of hydrogen-bond acceptors (Lipinski definition) is 5. The van der Waals surface area contributed by atoms with Gasteiger partial charge in [0.05, 0.1) is 12.2 Å². The molecule has 2 heterocycles. The van der Waals surface area contributed by atoms with E-state index >= 15 is 0 Å². The van der Waals surface area contributed by atoms with Crippen LogP contribution in [0.2, 0.25) is 0 Å². The molecule has 0 spiro atoms. The average Bonchev–Trinajstić information content (AvgIpc) is 2.41. The summed E-state index contributed by atoms with van der Waals surface area (Å²) in [6, 6.07) is 6.05. The number of primary amides is 1. The number of aromatic nitrogens is 1. The minimum Gasteiger partial charge on any atom is -0.380 e. The number of nitrogens with zero attached hydrogens (tertiary/aromatic N) is 3. The van der Waals surface area contributed by atoms with Crippen molar-refractivity contribution in [3.63, 3.8) is 0 Å². The molecule has 6 nitrogen and oxygen atoms in total. The van der Waals surface area contributed by atoms with Gasteiger partial charge in [0, 0.05) is 25.3 Å². The Morgan fingerprint density at radius 2 is 2.32 bits per heavy atom. The molecule has 1 saturated heterocycles. The molecular weight excluding hydrogens is 242 g/mol. The van der Waals surface area contributed by atoms with E-state index in [0.29, 0.717) is 18.3 Å². The van der Waals surface area contributed by atoms with Crippen molar-refractivity contribution in [2.45, 2.75) is 18.9 Å². The molecule has 100 valence electrons. The minimum absolute atomic E-state index is 0.287. The van der Waals surface area contributed by atoms with E-state index < -0.39 is 0 Å². The number of nitrogens with two attached hydrogens (primary N) is 1. The van der Waals surface area contributed by atoms with Crippen molar-refractivity contribution in [1.82, 2.24) is 9.88 Å². The number of nitriles is 1. The summed E-state index contributed by atoms with van der Waals surface area (Å²) in [5.74, 6) is -0.287. The van der Waals surface area contributed by atoms with Gasteiger partial charge >= 0.3 is 0 Å². The van der Waals surface area contributed by atoms with E-state index in [4.69, 9.17) is 11.0 Å². The van der Waals surface area contributed by atoms with Crippen LogP contribution in [0.15, 0.2) is 18.3 Å². The highest BCUT2D eigenvalue weighted by molar-refractivity contribution is 5.75. The number of anilines is 1. The van der Waals surface area contributed by atoms with Crippen molar-refractivity contribution >= 4 is 11.6 Å². The van der Waals surface area contributed by atoms with Crippen LogP contribution < -0.4 is 11.1 Å². The molecule has 1 aromatic heterocycles. The molecule has 1 fully saturated rings. The van der Waals surface area contributed by atoms with Crippen LogP contribution in [0.5, 0.6) is 0 Å². The Morgan fingerprint density at radius 3 is 2.95 bits per heavy atom. The third-order valence-corrected chi connectivity index (χ3v) is 3.24. The van der Waals surface area contributed by atoms with Gasteiger partial charge in [-0.3, -0.25) is 9.69 Å². The van der Waals surface area contributed by atoms with E-state index in [9.17, 15) is 4.79 Å². The van der Waals surface area contributed by atoms with Gasteiger partial charge in [-0.15, -0.1) is 0 Å². The average molecular weight is 259 g/mol. The first-order valence-electron chi connectivity index (χ1n) is 6.31. The number of piperidine rings is 1. The van der Waals surface area contributed by atoms with Crippen LogP contribution in [0.4, 0.5) is 5.69 Å². The normalized spacial score (nSPS) is 16.8. The quantitative estimate of drug-likeness (QED) is 0.811. The molecular formula is C13H17N5O. The van der Waals surface area contributed by atoms with Gasteiger partial charge in [0.15, 0.2) is 5.69 Å². The predicted molar refractivity (Wildman–Crippen MR) is 71.2 cm³/mol. The minimum atomic E-state index is -0.287. The zero-order chi connectivity index (χ0) is 13.7. The predicted octanol–water partition coefficient (Wildman–Crippen LogP) is 0.315. The molecule has 0 saturated carbocycles. The van der Waals surface area contributed by atoms with E-state index in [0.717, 1.165) is 31.6 Å². The maximum Gasteiger partial charge on any atom is 0.231 e. The highest BCUT2D eigenvalue weighted by Gasteiger charge is 2.20. The lowest BCUT2D eigenvalue weighted by atomic mass is 10.0. The molecule has 1 amide bonds. The van der Waals surface area contributed by atoms with Crippen molar-refractivity contribution in [1.29, 1.82) is 5.26 Å². The highest BCUT2D eigenvalue weighted by atomic mass is 16.1. The summed E-state index contributed by atoms with van der Waals surface area (Å²) in [6.07, 6.45) is 3.46. The fourth-order valence-corrected chi connectivity index (χ4v) is 2.29. The molecule has 2 rings (SSSR count). The smallest absolute Gasteiger partial charge is 0.231 e. The molecule has 1 aromatic rings. The van der Waals surface area contributed by atoms with Crippen molar-refractivity contribution < 1.29 is 4.79 Å². The molecule has 0 aliphatic carbocycles. The molecule has 0 radical (unpaired) electrons. The van der Waals surface area contributed by atoms with E-state index in [1.54, 1.807) is 6.20 Å². The molecule has 0 atom stereocenters. The largest absolute Gasteiger partial charge is 0.380 e. The van der Waals surface area contributed by atoms with Crippen LogP contribution in [0.3, 0.4) is 0 Å². The van der Waals surface area contributed by atoms with Crippen LogP contribution in [-0.2, 0) is 4.79 Å². The second-order valence-corrected chi connectivity index (χ2v) is 4.67. The Bertz CT molecular complexity index is 488. The second-order valence-electron chi connectivity index (χ2n) is 4.67. The molecule has 0 bridgehead atoms. The van der Waals surface area contributed by atoms with Crippen molar-refractivity contribution in [3.05, 3.63) is 24.0 Å². The third kappa shape index (κ3) is 3.66. The SMILES string of the molecule is N#Cc1ncccc1NC1CCN(CC(N)=O)CC1. The first kappa shape index (κ1) is 13.3. The summed E-state index contributed by atoms with van der Waals surface area (Å²) in [5, 5.41) is 12.3. The fraction of sp³-hybridized carbons (Fsp3) is 0.462. The lowest BCUT2D eigenvalue weighted by molar-refractivity contribution is -0.119. The van der Waals surface area contributed by atoms with Gasteiger partial charge in [-0.1, -0.05) is 0 Å². The van der Waals surface area contributed by atoms with Gasteiger partial charge in [0.1, 0.15) is 6.07 Å². The van der Waals surface area contributed by atoms with Gasteiger partial charge in [0.25, 0.3) is 0 Å². The molecule has 6 heteroatoms. The summed E-state index contributed by atoms with van der Waals surface area (Å²) in [5.41, 5.74) is 6.37. The number of carbonyl (C=O) groups excluding carboxylic acids is 1. The first-order chi connectivity index (χ1) is 9.19. The summed E-state index contributed by atoms with van der Waals surface area (Å²) in [4.78, 5) is 16.9. The molecule has 19 heavy (non-hydrogen) atoms. The van der Waals surface area contributed by atoms with Crippen LogP contribution in [0, 0.1) is 11.3 Å². The standard InChI is InChI=1S/C13H17N5O/c14-8-12-11(2-1-5-16-12)17-10-3-6-18(7-4-10)9-13(15)19/h1-2,5,10,17H,3-4,6-7,9H2,(H2,15,19). The number of amides is 1. The monoisotopic (exact) mass is 259 g/mol. The second kappa shape index (κ2) is 6.16. The number of carbonyl (C=O) groups is 1.